The van der Waals surface area contributed by atoms with E-state index in [4.69, 9.17) is 5.11 Å². The molecule has 0 fully saturated rings. The molecule has 5 nitrogen and oxygen atoms in total. The van der Waals surface area contributed by atoms with E-state index in [-0.39, 0.29) is 0 Å². The Morgan fingerprint density at radius 1 is 1.61 bits per heavy atom. The Balaban J connectivity index is 3.58. The molecule has 0 atom stereocenters. The minimum atomic E-state index is -4.73. The molecule has 96 valence electrons. The number of carbonyl (C=O) groups is 1. The quantitative estimate of drug-likeness (QED) is 0.666. The number of hydrogen-bond acceptors (Lipinski definition) is 4. The number of amides is 1. The van der Waals surface area contributed by atoms with E-state index in [0.29, 0.717) is 11.0 Å². The first-order chi connectivity index (χ1) is 8.29. The van der Waals surface area contributed by atoms with Crippen molar-refractivity contribution in [2.45, 2.75) is 6.18 Å². The van der Waals surface area contributed by atoms with Crippen LogP contribution in [0.2, 0.25) is 0 Å². The molecule has 0 spiro atoms. The number of pyridine rings is 1. The second-order valence-corrected chi connectivity index (χ2v) is 3.26. The van der Waals surface area contributed by atoms with Gasteiger partial charge < -0.3 is 5.11 Å². The second kappa shape index (κ2) is 5.11. The Morgan fingerprint density at radius 3 is 2.67 bits per heavy atom. The van der Waals surface area contributed by atoms with Crippen LogP contribution < -0.4 is 4.90 Å². The van der Waals surface area contributed by atoms with E-state index in [2.05, 4.69) is 22.2 Å². The zero-order chi connectivity index (χ0) is 13.9. The van der Waals surface area contributed by atoms with Crippen LogP contribution in [-0.2, 0) is 6.18 Å². The molecule has 18 heavy (non-hydrogen) atoms. The highest BCUT2D eigenvalue weighted by Gasteiger charge is 2.37. The topological polar surface area (TPSA) is 65.8 Å². The van der Waals surface area contributed by atoms with Gasteiger partial charge in [0, 0.05) is 13.2 Å². The van der Waals surface area contributed by atoms with Gasteiger partial charge >= 0.3 is 12.3 Å². The number of halogens is 3. The van der Waals surface area contributed by atoms with E-state index in [9.17, 15) is 18.0 Å². The third-order valence-electron chi connectivity index (χ3n) is 1.98. The summed E-state index contributed by atoms with van der Waals surface area (Å²) in [5, 5.41) is 10.6. The van der Waals surface area contributed by atoms with Crippen LogP contribution in [0.15, 0.2) is 17.3 Å². The molecule has 1 amide bonds. The summed E-state index contributed by atoms with van der Waals surface area (Å²) in [5.41, 5.74) is -1.85. The third kappa shape index (κ3) is 2.82. The fraction of sp³-hybridized carbons (Fsp3) is 0.222. The normalized spacial score (nSPS) is 10.7. The molecule has 0 saturated heterocycles. The van der Waals surface area contributed by atoms with Gasteiger partial charge in [0.15, 0.2) is 5.82 Å². The van der Waals surface area contributed by atoms with Gasteiger partial charge in [-0.3, -0.25) is 4.90 Å². The molecule has 1 heterocycles. The van der Waals surface area contributed by atoms with Gasteiger partial charge in [-0.2, -0.15) is 18.2 Å². The van der Waals surface area contributed by atoms with Crippen LogP contribution in [0.1, 0.15) is 5.56 Å². The molecule has 0 radical (unpaired) electrons. The number of aliphatic imine (C=N–C) groups is 1. The molecular formula is C9H6F3N3O2S. The van der Waals surface area contributed by atoms with Crippen molar-refractivity contribution in [3.8, 4) is 0 Å². The van der Waals surface area contributed by atoms with E-state index >= 15 is 0 Å². The van der Waals surface area contributed by atoms with Crippen molar-refractivity contribution >= 4 is 35.0 Å². The Morgan fingerprint density at radius 2 is 2.22 bits per heavy atom. The van der Waals surface area contributed by atoms with Crippen LogP contribution in [0.5, 0.6) is 0 Å². The van der Waals surface area contributed by atoms with E-state index in [1.165, 1.54) is 0 Å². The standard InChI is InChI=1S/C9H6F3N3O2S/c1-15(8(16)17)6-5(9(10,11)12)2-3-13-7(6)14-4-18/h2-3H,1H3,(H,16,17). The summed E-state index contributed by atoms with van der Waals surface area (Å²) < 4.78 is 38.3. The average molecular weight is 277 g/mol. The zero-order valence-electron chi connectivity index (χ0n) is 8.89. The minimum absolute atomic E-state index is 0.376. The van der Waals surface area contributed by atoms with E-state index in [0.717, 1.165) is 13.2 Å². The van der Waals surface area contributed by atoms with Crippen molar-refractivity contribution in [3.05, 3.63) is 17.8 Å². The van der Waals surface area contributed by atoms with Gasteiger partial charge in [0.1, 0.15) is 5.69 Å². The molecule has 0 unspecified atom stereocenters. The molecule has 0 saturated carbocycles. The fourth-order valence-corrected chi connectivity index (χ4v) is 1.31. The Kier molecular flexibility index (Phi) is 4.00. The minimum Gasteiger partial charge on any atom is -0.465 e. The summed E-state index contributed by atoms with van der Waals surface area (Å²) in [4.78, 5) is 18.0. The summed E-state index contributed by atoms with van der Waals surface area (Å²) in [7, 11) is 0.955. The largest absolute Gasteiger partial charge is 0.465 e. The number of aromatic nitrogens is 1. The molecule has 1 rings (SSSR count). The maximum Gasteiger partial charge on any atom is 0.418 e. The lowest BCUT2D eigenvalue weighted by Gasteiger charge is -2.19. The summed E-state index contributed by atoms with van der Waals surface area (Å²) >= 11 is 4.28. The van der Waals surface area contributed by atoms with Crippen LogP contribution >= 0.6 is 12.2 Å². The van der Waals surface area contributed by atoms with Crippen LogP contribution in [0.25, 0.3) is 0 Å². The zero-order valence-corrected chi connectivity index (χ0v) is 9.71. The lowest BCUT2D eigenvalue weighted by molar-refractivity contribution is -0.137. The first kappa shape index (κ1) is 14.1. The van der Waals surface area contributed by atoms with Gasteiger partial charge in [0.2, 0.25) is 0 Å². The van der Waals surface area contributed by atoms with Crippen molar-refractivity contribution in [1.29, 1.82) is 0 Å². The van der Waals surface area contributed by atoms with E-state index in [1.54, 1.807) is 0 Å². The van der Waals surface area contributed by atoms with Crippen LogP contribution in [-0.4, -0.2) is 28.4 Å². The molecule has 1 N–H and O–H groups in total. The highest BCUT2D eigenvalue weighted by molar-refractivity contribution is 7.78. The molecule has 0 aliphatic carbocycles. The van der Waals surface area contributed by atoms with Gasteiger partial charge in [-0.1, -0.05) is 0 Å². The van der Waals surface area contributed by atoms with Gasteiger partial charge in [-0.25, -0.2) is 9.78 Å². The number of nitrogens with zero attached hydrogens (tertiary/aromatic N) is 3. The highest BCUT2D eigenvalue weighted by Crippen LogP contribution is 2.40. The lowest BCUT2D eigenvalue weighted by Crippen LogP contribution is -2.27. The molecular weight excluding hydrogens is 271 g/mol. The summed E-state index contributed by atoms with van der Waals surface area (Å²) in [6.07, 6.45) is -5.43. The Labute approximate surface area is 105 Å². The van der Waals surface area contributed by atoms with Crippen molar-refractivity contribution in [3.63, 3.8) is 0 Å². The Bertz CT molecular complexity index is 526. The van der Waals surface area contributed by atoms with Gasteiger partial charge in [-0.05, 0) is 18.3 Å². The highest BCUT2D eigenvalue weighted by atomic mass is 32.1. The van der Waals surface area contributed by atoms with Gasteiger partial charge in [0.25, 0.3) is 0 Å². The van der Waals surface area contributed by atoms with Crippen molar-refractivity contribution in [2.75, 3.05) is 11.9 Å². The van der Waals surface area contributed by atoms with Gasteiger partial charge in [-0.15, -0.1) is 0 Å². The number of rotatable bonds is 2. The predicted octanol–water partition coefficient (Wildman–Crippen LogP) is 2.95. The van der Waals surface area contributed by atoms with Crippen LogP contribution in [0.4, 0.5) is 29.5 Å². The molecule has 1 aromatic heterocycles. The lowest BCUT2D eigenvalue weighted by atomic mass is 10.2. The molecule has 0 aliphatic rings. The molecule has 9 heteroatoms. The monoisotopic (exact) mass is 277 g/mol. The van der Waals surface area contributed by atoms with Crippen molar-refractivity contribution in [2.24, 2.45) is 4.99 Å². The van der Waals surface area contributed by atoms with Crippen LogP contribution in [0.3, 0.4) is 0 Å². The van der Waals surface area contributed by atoms with Gasteiger partial charge in [0.05, 0.1) is 10.7 Å². The number of carboxylic acid groups (broad SMARTS) is 1. The van der Waals surface area contributed by atoms with E-state index in [1.807, 2.05) is 5.16 Å². The number of alkyl halides is 3. The van der Waals surface area contributed by atoms with E-state index < -0.39 is 29.3 Å². The first-order valence-electron chi connectivity index (χ1n) is 4.39. The number of isothiocyanates is 1. The maximum atomic E-state index is 12.8. The van der Waals surface area contributed by atoms with Crippen molar-refractivity contribution < 1.29 is 23.1 Å². The third-order valence-corrected chi connectivity index (χ3v) is 2.08. The Hall–Kier alpha value is -1.99. The SMILES string of the molecule is CN(C(=O)O)c1c(C(F)(F)F)ccnc1N=C=S. The summed E-state index contributed by atoms with van der Waals surface area (Å²) in [6.45, 7) is 0. The number of anilines is 1. The van der Waals surface area contributed by atoms with Crippen molar-refractivity contribution in [1.82, 2.24) is 4.98 Å². The smallest absolute Gasteiger partial charge is 0.418 e. The number of thiocarbonyl (C=S) groups is 1. The predicted molar refractivity (Wildman–Crippen MR) is 60.4 cm³/mol. The van der Waals surface area contributed by atoms with Crippen LogP contribution in [0, 0.1) is 0 Å². The second-order valence-electron chi connectivity index (χ2n) is 3.07. The summed E-state index contributed by atoms with van der Waals surface area (Å²) in [5.74, 6) is -0.454. The molecule has 1 aromatic rings. The summed E-state index contributed by atoms with van der Waals surface area (Å²) in [6, 6.07) is 0.664. The average Bonchev–Trinajstić information content (AvgIpc) is 2.27. The molecule has 0 bridgehead atoms. The molecule has 0 aliphatic heterocycles. The molecule has 0 aromatic carbocycles. The maximum absolute atomic E-state index is 12.8. The fourth-order valence-electron chi connectivity index (χ4n) is 1.22. The first-order valence-corrected chi connectivity index (χ1v) is 4.80. The number of hydrogen-bond donors (Lipinski definition) is 1.